The van der Waals surface area contributed by atoms with E-state index in [0.717, 1.165) is 16.8 Å². The number of nitrogens with one attached hydrogen (secondary N) is 2. The van der Waals surface area contributed by atoms with Crippen LogP contribution in [0.15, 0.2) is 18.2 Å². The van der Waals surface area contributed by atoms with Crippen LogP contribution >= 0.6 is 0 Å². The predicted octanol–water partition coefficient (Wildman–Crippen LogP) is 2.35. The third kappa shape index (κ3) is 3.09. The molecule has 0 radical (unpaired) electrons. The van der Waals surface area contributed by atoms with Gasteiger partial charge in [-0.2, -0.15) is 0 Å². The highest BCUT2D eigenvalue weighted by molar-refractivity contribution is 6.00. The van der Waals surface area contributed by atoms with Crippen LogP contribution in [0.2, 0.25) is 0 Å². The number of rotatable bonds is 2. The molecule has 3 heteroatoms. The molecular weight excluding hydrogens is 174 g/mol. The second-order valence-corrected chi connectivity index (χ2v) is 2.71. The van der Waals surface area contributed by atoms with E-state index in [2.05, 4.69) is 5.32 Å². The van der Waals surface area contributed by atoms with Crippen molar-refractivity contribution in [2.24, 2.45) is 5.73 Å². The molecule has 0 aliphatic rings. The molecule has 0 atom stereocenters. The van der Waals surface area contributed by atoms with Gasteiger partial charge in [-0.05, 0) is 19.1 Å². The molecule has 0 saturated carbocycles. The first-order valence-corrected chi connectivity index (χ1v) is 4.78. The number of aryl methyl sites for hydroxylation is 1. The highest BCUT2D eigenvalue weighted by atomic mass is 14.8. The van der Waals surface area contributed by atoms with Gasteiger partial charge in [0, 0.05) is 18.3 Å². The minimum absolute atomic E-state index is 0.100. The summed E-state index contributed by atoms with van der Waals surface area (Å²) < 4.78 is 0. The molecule has 4 N–H and O–H groups in total. The molecule has 1 rings (SSSR count). The van der Waals surface area contributed by atoms with Crippen LogP contribution in [0.3, 0.4) is 0 Å². The van der Waals surface area contributed by atoms with Crippen LogP contribution < -0.4 is 11.1 Å². The standard InChI is InChI=1S/C9H13N3.C2H6/c1-6-3-4-8(12-2)7(5-6)9(10)11;1-2/h3-5,12H,1-2H3,(H3,10,11);1-2H3. The molecule has 3 nitrogen and oxygen atoms in total. The summed E-state index contributed by atoms with van der Waals surface area (Å²) in [6, 6.07) is 5.80. The third-order valence-corrected chi connectivity index (χ3v) is 1.73. The van der Waals surface area contributed by atoms with E-state index < -0.39 is 0 Å². The average Bonchev–Trinajstić information content (AvgIpc) is 2.20. The maximum absolute atomic E-state index is 7.31. The van der Waals surface area contributed by atoms with Crippen LogP contribution in [0.4, 0.5) is 5.69 Å². The number of nitrogen functional groups attached to an aromatic ring is 1. The van der Waals surface area contributed by atoms with Gasteiger partial charge in [0.05, 0.1) is 0 Å². The minimum atomic E-state index is 0.100. The van der Waals surface area contributed by atoms with E-state index in [1.54, 1.807) is 0 Å². The summed E-state index contributed by atoms with van der Waals surface area (Å²) in [6.45, 7) is 5.98. The van der Waals surface area contributed by atoms with E-state index in [0.29, 0.717) is 0 Å². The summed E-state index contributed by atoms with van der Waals surface area (Å²) in [6.07, 6.45) is 0. The fourth-order valence-electron chi connectivity index (χ4n) is 1.10. The van der Waals surface area contributed by atoms with Gasteiger partial charge in [0.2, 0.25) is 0 Å². The molecule has 78 valence electrons. The van der Waals surface area contributed by atoms with Gasteiger partial charge in [0.15, 0.2) is 0 Å². The fourth-order valence-corrected chi connectivity index (χ4v) is 1.10. The van der Waals surface area contributed by atoms with E-state index in [4.69, 9.17) is 11.1 Å². The minimum Gasteiger partial charge on any atom is -0.388 e. The van der Waals surface area contributed by atoms with Gasteiger partial charge in [-0.25, -0.2) is 0 Å². The lowest BCUT2D eigenvalue weighted by atomic mass is 10.1. The lowest BCUT2D eigenvalue weighted by molar-refractivity contribution is 1.37. The zero-order chi connectivity index (χ0) is 11.1. The molecule has 0 saturated heterocycles. The van der Waals surface area contributed by atoms with E-state index in [9.17, 15) is 0 Å². The molecule has 1 aromatic carbocycles. The molecule has 14 heavy (non-hydrogen) atoms. The molecule has 0 unspecified atom stereocenters. The van der Waals surface area contributed by atoms with Crippen LogP contribution in [0.1, 0.15) is 25.0 Å². The van der Waals surface area contributed by atoms with Gasteiger partial charge in [0.1, 0.15) is 5.84 Å². The highest BCUT2D eigenvalue weighted by Gasteiger charge is 2.02. The van der Waals surface area contributed by atoms with Gasteiger partial charge in [-0.15, -0.1) is 0 Å². The van der Waals surface area contributed by atoms with Gasteiger partial charge in [-0.3, -0.25) is 5.41 Å². The molecule has 0 aliphatic heterocycles. The van der Waals surface area contributed by atoms with E-state index in [1.165, 1.54) is 0 Å². The quantitative estimate of drug-likeness (QED) is 0.498. The number of nitrogens with two attached hydrogens (primary N) is 1. The van der Waals surface area contributed by atoms with Crippen molar-refractivity contribution >= 4 is 11.5 Å². The Kier molecular flexibility index (Phi) is 5.37. The molecule has 0 fully saturated rings. The van der Waals surface area contributed by atoms with Gasteiger partial charge in [0.25, 0.3) is 0 Å². The Labute approximate surface area is 85.8 Å². The topological polar surface area (TPSA) is 61.9 Å². The number of anilines is 1. The molecule has 0 heterocycles. The van der Waals surface area contributed by atoms with Crippen molar-refractivity contribution in [3.63, 3.8) is 0 Å². The second kappa shape index (κ2) is 6.02. The first kappa shape index (κ1) is 12.5. The lowest BCUT2D eigenvalue weighted by Gasteiger charge is -2.07. The van der Waals surface area contributed by atoms with Gasteiger partial charge in [-0.1, -0.05) is 25.5 Å². The average molecular weight is 193 g/mol. The highest BCUT2D eigenvalue weighted by Crippen LogP contribution is 2.15. The van der Waals surface area contributed by atoms with E-state index in [-0.39, 0.29) is 5.84 Å². The molecule has 0 aliphatic carbocycles. The van der Waals surface area contributed by atoms with Crippen molar-refractivity contribution in [2.45, 2.75) is 20.8 Å². The first-order valence-electron chi connectivity index (χ1n) is 4.78. The summed E-state index contributed by atoms with van der Waals surface area (Å²) in [7, 11) is 1.82. The van der Waals surface area contributed by atoms with Crippen molar-refractivity contribution in [3.8, 4) is 0 Å². The molecule has 0 bridgehead atoms. The molecule has 0 spiro atoms. The van der Waals surface area contributed by atoms with Gasteiger partial charge >= 0.3 is 0 Å². The Morgan fingerprint density at radius 1 is 1.36 bits per heavy atom. The number of hydrogen-bond donors (Lipinski definition) is 3. The summed E-state index contributed by atoms with van der Waals surface area (Å²) in [5.41, 5.74) is 8.17. The molecule has 0 aromatic heterocycles. The predicted molar refractivity (Wildman–Crippen MR) is 63.1 cm³/mol. The fraction of sp³-hybridized carbons (Fsp3) is 0.364. The van der Waals surface area contributed by atoms with Crippen molar-refractivity contribution < 1.29 is 0 Å². The largest absolute Gasteiger partial charge is 0.388 e. The van der Waals surface area contributed by atoms with Crippen LogP contribution in [-0.2, 0) is 0 Å². The Hall–Kier alpha value is -1.51. The Bertz CT molecular complexity index is 305. The number of hydrogen-bond acceptors (Lipinski definition) is 2. The second-order valence-electron chi connectivity index (χ2n) is 2.71. The van der Waals surface area contributed by atoms with Crippen molar-refractivity contribution in [2.75, 3.05) is 12.4 Å². The summed E-state index contributed by atoms with van der Waals surface area (Å²) in [4.78, 5) is 0. The zero-order valence-electron chi connectivity index (χ0n) is 9.31. The maximum Gasteiger partial charge on any atom is 0.124 e. The first-order chi connectivity index (χ1) is 6.65. The smallest absolute Gasteiger partial charge is 0.124 e. The van der Waals surface area contributed by atoms with Crippen molar-refractivity contribution in [1.82, 2.24) is 0 Å². The van der Waals surface area contributed by atoms with Crippen molar-refractivity contribution in [1.29, 1.82) is 5.41 Å². The van der Waals surface area contributed by atoms with Crippen molar-refractivity contribution in [3.05, 3.63) is 29.3 Å². The van der Waals surface area contributed by atoms with E-state index in [1.807, 2.05) is 46.0 Å². The SMILES string of the molecule is CC.CNc1ccc(C)cc1C(=N)N. The Balaban J connectivity index is 0.000000791. The van der Waals surface area contributed by atoms with Crippen LogP contribution in [0.5, 0.6) is 0 Å². The molecule has 0 amide bonds. The molecule has 1 aromatic rings. The van der Waals surface area contributed by atoms with Crippen LogP contribution in [-0.4, -0.2) is 12.9 Å². The Morgan fingerprint density at radius 2 is 1.93 bits per heavy atom. The summed E-state index contributed by atoms with van der Waals surface area (Å²) in [5, 5.41) is 10.3. The lowest BCUT2D eigenvalue weighted by Crippen LogP contribution is -2.13. The summed E-state index contributed by atoms with van der Waals surface area (Å²) in [5.74, 6) is 0.100. The normalized spacial score (nSPS) is 8.57. The van der Waals surface area contributed by atoms with Crippen LogP contribution in [0, 0.1) is 12.3 Å². The number of amidine groups is 1. The summed E-state index contributed by atoms with van der Waals surface area (Å²) >= 11 is 0. The third-order valence-electron chi connectivity index (χ3n) is 1.73. The number of benzene rings is 1. The monoisotopic (exact) mass is 193 g/mol. The van der Waals surface area contributed by atoms with Gasteiger partial charge < -0.3 is 11.1 Å². The molecular formula is C11H19N3. The van der Waals surface area contributed by atoms with Crippen LogP contribution in [0.25, 0.3) is 0 Å². The van der Waals surface area contributed by atoms with E-state index >= 15 is 0 Å². The Morgan fingerprint density at radius 3 is 2.36 bits per heavy atom. The maximum atomic E-state index is 7.31. The zero-order valence-corrected chi connectivity index (χ0v) is 9.31.